The first kappa shape index (κ1) is 23.3. The Morgan fingerprint density at radius 1 is 1.03 bits per heavy atom. The van der Waals surface area contributed by atoms with E-state index in [2.05, 4.69) is 10.6 Å². The summed E-state index contributed by atoms with van der Waals surface area (Å²) < 4.78 is 27.7. The smallest absolute Gasteiger partial charge is 0.321 e. The lowest BCUT2D eigenvalue weighted by Crippen LogP contribution is -2.52. The van der Waals surface area contributed by atoms with E-state index in [0.29, 0.717) is 37.6 Å². The lowest BCUT2D eigenvalue weighted by atomic mass is 10.1. The van der Waals surface area contributed by atoms with Gasteiger partial charge in [-0.05, 0) is 38.3 Å². The monoisotopic (exact) mass is 424 g/mol. The van der Waals surface area contributed by atoms with Gasteiger partial charge in [-0.1, -0.05) is 31.0 Å². The van der Waals surface area contributed by atoms with Crippen molar-refractivity contribution in [2.24, 2.45) is 0 Å². The summed E-state index contributed by atoms with van der Waals surface area (Å²) in [6, 6.07) is 3.27. The first-order chi connectivity index (χ1) is 13.6. The zero-order valence-corrected chi connectivity index (χ0v) is 18.6. The summed E-state index contributed by atoms with van der Waals surface area (Å²) in [6.45, 7) is 9.70. The highest BCUT2D eigenvalue weighted by molar-refractivity contribution is 7.89. The topological polar surface area (TPSA) is 98.8 Å². The van der Waals surface area contributed by atoms with E-state index in [0.717, 1.165) is 29.5 Å². The molecule has 1 aromatic rings. The van der Waals surface area contributed by atoms with E-state index < -0.39 is 16.1 Å². The SMILES string of the molecule is CCCCNC(=O)NC(=O)CN1CCN(S(=O)(=O)c2c(C)cc(C)cc2C)CC1. The zero-order valence-electron chi connectivity index (χ0n) is 17.7. The average molecular weight is 425 g/mol. The largest absolute Gasteiger partial charge is 0.338 e. The molecule has 0 bridgehead atoms. The third kappa shape index (κ3) is 6.25. The Morgan fingerprint density at radius 3 is 2.17 bits per heavy atom. The molecule has 2 rings (SSSR count). The number of nitrogens with one attached hydrogen (secondary N) is 2. The van der Waals surface area contributed by atoms with Crippen LogP contribution in [0.4, 0.5) is 4.79 Å². The number of urea groups is 1. The standard InChI is InChI=1S/C20H32N4O4S/c1-5-6-7-21-20(26)22-18(25)14-23-8-10-24(11-9-23)29(27,28)19-16(3)12-15(2)13-17(19)4/h12-13H,5-11,14H2,1-4H3,(H2,21,22,25,26). The number of benzene rings is 1. The molecule has 1 fully saturated rings. The summed E-state index contributed by atoms with van der Waals surface area (Å²) in [7, 11) is -3.58. The van der Waals surface area contributed by atoms with Crippen LogP contribution in [0.3, 0.4) is 0 Å². The van der Waals surface area contributed by atoms with Crippen molar-refractivity contribution in [3.8, 4) is 0 Å². The summed E-state index contributed by atoms with van der Waals surface area (Å²) in [5.41, 5.74) is 2.53. The molecule has 0 saturated carbocycles. The molecule has 29 heavy (non-hydrogen) atoms. The molecule has 0 atom stereocenters. The maximum absolute atomic E-state index is 13.1. The molecule has 9 heteroatoms. The maximum Gasteiger partial charge on any atom is 0.321 e. The fraction of sp³-hybridized carbons (Fsp3) is 0.600. The molecule has 1 aliphatic rings. The summed E-state index contributed by atoms with van der Waals surface area (Å²) in [4.78, 5) is 25.9. The van der Waals surface area contributed by atoms with Gasteiger partial charge in [-0.25, -0.2) is 13.2 Å². The average Bonchev–Trinajstić information content (AvgIpc) is 2.61. The number of hydrogen-bond donors (Lipinski definition) is 2. The van der Waals surface area contributed by atoms with Gasteiger partial charge in [0.05, 0.1) is 11.4 Å². The van der Waals surface area contributed by atoms with E-state index in [1.165, 1.54) is 4.31 Å². The van der Waals surface area contributed by atoms with Crippen molar-refractivity contribution >= 4 is 22.0 Å². The summed E-state index contributed by atoms with van der Waals surface area (Å²) in [6.07, 6.45) is 1.82. The number of nitrogens with zero attached hydrogens (tertiary/aromatic N) is 2. The molecule has 8 nitrogen and oxygen atoms in total. The number of sulfonamides is 1. The molecule has 1 saturated heterocycles. The number of piperazine rings is 1. The van der Waals surface area contributed by atoms with Crippen molar-refractivity contribution in [2.45, 2.75) is 45.4 Å². The van der Waals surface area contributed by atoms with Crippen molar-refractivity contribution in [3.05, 3.63) is 28.8 Å². The van der Waals surface area contributed by atoms with Crippen molar-refractivity contribution in [2.75, 3.05) is 39.3 Å². The molecule has 1 heterocycles. The van der Waals surface area contributed by atoms with Crippen LogP contribution in [-0.4, -0.2) is 68.8 Å². The lowest BCUT2D eigenvalue weighted by molar-refractivity contribution is -0.121. The fourth-order valence-corrected chi connectivity index (χ4v) is 5.46. The minimum absolute atomic E-state index is 0.0671. The molecule has 2 N–H and O–H groups in total. The molecule has 3 amide bonds. The van der Waals surface area contributed by atoms with Gasteiger partial charge in [-0.15, -0.1) is 0 Å². The maximum atomic E-state index is 13.1. The van der Waals surface area contributed by atoms with Crippen LogP contribution in [0.15, 0.2) is 17.0 Å². The summed E-state index contributed by atoms with van der Waals surface area (Å²) >= 11 is 0. The van der Waals surface area contributed by atoms with E-state index in [1.54, 1.807) is 0 Å². The van der Waals surface area contributed by atoms with Gasteiger partial charge in [0.25, 0.3) is 0 Å². The Hall–Kier alpha value is -1.97. The molecule has 0 radical (unpaired) electrons. The van der Waals surface area contributed by atoms with Crippen LogP contribution in [-0.2, 0) is 14.8 Å². The van der Waals surface area contributed by atoms with Gasteiger partial charge in [-0.3, -0.25) is 15.0 Å². The van der Waals surface area contributed by atoms with E-state index in [4.69, 9.17) is 0 Å². The van der Waals surface area contributed by atoms with Gasteiger partial charge in [0, 0.05) is 32.7 Å². The van der Waals surface area contributed by atoms with Gasteiger partial charge in [0.15, 0.2) is 0 Å². The van der Waals surface area contributed by atoms with Gasteiger partial charge in [-0.2, -0.15) is 4.31 Å². The predicted octanol–water partition coefficient (Wildman–Crippen LogP) is 1.54. The Balaban J connectivity index is 1.90. The quantitative estimate of drug-likeness (QED) is 0.647. The van der Waals surface area contributed by atoms with Gasteiger partial charge < -0.3 is 5.32 Å². The van der Waals surface area contributed by atoms with E-state index in [1.807, 2.05) is 44.7 Å². The van der Waals surface area contributed by atoms with Crippen molar-refractivity contribution in [1.29, 1.82) is 0 Å². The number of imide groups is 1. The van der Waals surface area contributed by atoms with Crippen molar-refractivity contribution < 1.29 is 18.0 Å². The Bertz CT molecular complexity index is 823. The van der Waals surface area contributed by atoms with Crippen LogP contribution in [0.1, 0.15) is 36.5 Å². The first-order valence-corrected chi connectivity index (χ1v) is 11.5. The summed E-state index contributed by atoms with van der Waals surface area (Å²) in [5.74, 6) is -0.388. The van der Waals surface area contributed by atoms with Crippen LogP contribution < -0.4 is 10.6 Å². The number of rotatable bonds is 7. The molecule has 0 aliphatic carbocycles. The molecule has 1 aliphatic heterocycles. The summed E-state index contributed by atoms with van der Waals surface area (Å²) in [5, 5.41) is 4.95. The number of hydrogen-bond acceptors (Lipinski definition) is 5. The zero-order chi connectivity index (χ0) is 21.6. The van der Waals surface area contributed by atoms with Crippen LogP contribution in [0.5, 0.6) is 0 Å². The normalized spacial score (nSPS) is 15.9. The number of carbonyl (C=O) groups excluding carboxylic acids is 2. The second kappa shape index (κ2) is 10.2. The van der Waals surface area contributed by atoms with Gasteiger partial charge >= 0.3 is 6.03 Å². The Labute approximate surface area is 173 Å². The van der Waals surface area contributed by atoms with Crippen LogP contribution in [0.25, 0.3) is 0 Å². The molecule has 0 unspecified atom stereocenters. The minimum atomic E-state index is -3.58. The first-order valence-electron chi connectivity index (χ1n) is 10.0. The van der Waals surface area contributed by atoms with Crippen LogP contribution in [0.2, 0.25) is 0 Å². The van der Waals surface area contributed by atoms with Gasteiger partial charge in [0.1, 0.15) is 0 Å². The third-order valence-electron chi connectivity index (χ3n) is 4.97. The molecular weight excluding hydrogens is 392 g/mol. The number of amides is 3. The van der Waals surface area contributed by atoms with E-state index in [-0.39, 0.29) is 12.5 Å². The third-order valence-corrected chi connectivity index (χ3v) is 7.17. The lowest BCUT2D eigenvalue weighted by Gasteiger charge is -2.34. The highest BCUT2D eigenvalue weighted by atomic mass is 32.2. The van der Waals surface area contributed by atoms with Crippen LogP contribution >= 0.6 is 0 Å². The number of unbranched alkanes of at least 4 members (excludes halogenated alkanes) is 1. The van der Waals surface area contributed by atoms with Crippen molar-refractivity contribution in [3.63, 3.8) is 0 Å². The molecular formula is C20H32N4O4S. The van der Waals surface area contributed by atoms with Gasteiger partial charge in [0.2, 0.25) is 15.9 Å². The molecule has 162 valence electrons. The van der Waals surface area contributed by atoms with Crippen LogP contribution in [0, 0.1) is 20.8 Å². The number of aryl methyl sites for hydroxylation is 3. The minimum Gasteiger partial charge on any atom is -0.338 e. The molecule has 0 aromatic heterocycles. The Kier molecular flexibility index (Phi) is 8.18. The highest BCUT2D eigenvalue weighted by Gasteiger charge is 2.31. The number of carbonyl (C=O) groups is 2. The molecule has 0 spiro atoms. The van der Waals surface area contributed by atoms with E-state index in [9.17, 15) is 18.0 Å². The second-order valence-electron chi connectivity index (χ2n) is 7.57. The molecule has 1 aromatic carbocycles. The fourth-order valence-electron chi connectivity index (χ4n) is 3.62. The second-order valence-corrected chi connectivity index (χ2v) is 9.44. The predicted molar refractivity (Wildman–Crippen MR) is 112 cm³/mol. The Morgan fingerprint density at radius 2 is 1.62 bits per heavy atom. The van der Waals surface area contributed by atoms with Crippen molar-refractivity contribution in [1.82, 2.24) is 19.8 Å². The van der Waals surface area contributed by atoms with E-state index >= 15 is 0 Å². The highest BCUT2D eigenvalue weighted by Crippen LogP contribution is 2.26.